The van der Waals surface area contributed by atoms with E-state index in [1.54, 1.807) is 0 Å². The van der Waals surface area contributed by atoms with Crippen molar-refractivity contribution in [1.29, 1.82) is 0 Å². The number of pyridine rings is 1. The molecule has 0 spiro atoms. The lowest BCUT2D eigenvalue weighted by atomic mass is 9.91. The topological polar surface area (TPSA) is 54.4 Å². The number of aromatic nitrogens is 1. The van der Waals surface area contributed by atoms with Gasteiger partial charge in [-0.2, -0.15) is 13.2 Å². The summed E-state index contributed by atoms with van der Waals surface area (Å²) in [5.41, 5.74) is -1.60. The number of rotatable bonds is 3. The summed E-state index contributed by atoms with van der Waals surface area (Å²) in [4.78, 5) is 3.54. The molecule has 0 atom stereocenters. The molecule has 2 rings (SSSR count). The Balaban J connectivity index is 2.18. The summed E-state index contributed by atoms with van der Waals surface area (Å²) in [7, 11) is 0. The minimum Gasteiger partial charge on any atom is -0.394 e. The SMILES string of the molecule is OCC1(Nc2cccc(C(F)(F)F)n2)CCOCC1. The zero-order valence-corrected chi connectivity index (χ0v) is 10.2. The standard InChI is InChI=1S/C12H15F3N2O2/c13-12(14,15)9-2-1-3-10(16-9)17-11(8-18)4-6-19-7-5-11/h1-3,18H,4-8H2,(H,16,17). The molecule has 0 bridgehead atoms. The molecule has 0 radical (unpaired) electrons. The molecule has 1 aliphatic heterocycles. The fourth-order valence-electron chi connectivity index (χ4n) is 2.02. The van der Waals surface area contributed by atoms with Gasteiger partial charge in [0.05, 0.1) is 12.1 Å². The monoisotopic (exact) mass is 276 g/mol. The summed E-state index contributed by atoms with van der Waals surface area (Å²) >= 11 is 0. The van der Waals surface area contributed by atoms with E-state index in [0.29, 0.717) is 26.1 Å². The molecule has 0 aliphatic carbocycles. The first-order chi connectivity index (χ1) is 8.95. The van der Waals surface area contributed by atoms with Crippen molar-refractivity contribution in [1.82, 2.24) is 4.98 Å². The average molecular weight is 276 g/mol. The van der Waals surface area contributed by atoms with E-state index in [1.165, 1.54) is 12.1 Å². The lowest BCUT2D eigenvalue weighted by molar-refractivity contribution is -0.141. The number of nitrogens with zero attached hydrogens (tertiary/aromatic N) is 1. The fraction of sp³-hybridized carbons (Fsp3) is 0.583. The minimum atomic E-state index is -4.47. The number of hydrogen-bond acceptors (Lipinski definition) is 4. The van der Waals surface area contributed by atoms with Gasteiger partial charge >= 0.3 is 6.18 Å². The first-order valence-electron chi connectivity index (χ1n) is 5.96. The number of alkyl halides is 3. The highest BCUT2D eigenvalue weighted by atomic mass is 19.4. The molecule has 1 saturated heterocycles. The normalized spacial score (nSPS) is 19.2. The Bertz CT molecular complexity index is 431. The van der Waals surface area contributed by atoms with Crippen molar-refractivity contribution >= 4 is 5.82 Å². The van der Waals surface area contributed by atoms with Gasteiger partial charge in [-0.15, -0.1) is 0 Å². The number of hydrogen-bond donors (Lipinski definition) is 2. The summed E-state index contributed by atoms with van der Waals surface area (Å²) in [6, 6.07) is 3.67. The predicted octanol–water partition coefficient (Wildman–Crippen LogP) is 2.05. The van der Waals surface area contributed by atoms with Crippen molar-refractivity contribution in [3.05, 3.63) is 23.9 Å². The van der Waals surface area contributed by atoms with Gasteiger partial charge in [0.25, 0.3) is 0 Å². The van der Waals surface area contributed by atoms with E-state index in [-0.39, 0.29) is 12.4 Å². The number of aliphatic hydroxyl groups excluding tert-OH is 1. The van der Waals surface area contributed by atoms with E-state index in [2.05, 4.69) is 10.3 Å². The lowest BCUT2D eigenvalue weighted by Gasteiger charge is -2.36. The predicted molar refractivity (Wildman–Crippen MR) is 62.7 cm³/mol. The van der Waals surface area contributed by atoms with E-state index in [0.717, 1.165) is 6.07 Å². The maximum Gasteiger partial charge on any atom is 0.433 e. The largest absolute Gasteiger partial charge is 0.433 e. The first-order valence-corrected chi connectivity index (χ1v) is 5.96. The Labute approximate surface area is 108 Å². The Kier molecular flexibility index (Phi) is 3.96. The smallest absolute Gasteiger partial charge is 0.394 e. The van der Waals surface area contributed by atoms with Gasteiger partial charge in [-0.1, -0.05) is 6.07 Å². The quantitative estimate of drug-likeness (QED) is 0.887. The van der Waals surface area contributed by atoms with Crippen LogP contribution in [-0.4, -0.2) is 35.5 Å². The number of nitrogens with one attached hydrogen (secondary N) is 1. The van der Waals surface area contributed by atoms with Crippen LogP contribution in [0.25, 0.3) is 0 Å². The van der Waals surface area contributed by atoms with E-state index in [4.69, 9.17) is 4.74 Å². The lowest BCUT2D eigenvalue weighted by Crippen LogP contribution is -2.47. The van der Waals surface area contributed by atoms with Crippen molar-refractivity contribution in [2.24, 2.45) is 0 Å². The second-order valence-corrected chi connectivity index (χ2v) is 4.58. The number of halogens is 3. The van der Waals surface area contributed by atoms with E-state index in [1.807, 2.05) is 0 Å². The molecule has 19 heavy (non-hydrogen) atoms. The maximum atomic E-state index is 12.6. The van der Waals surface area contributed by atoms with Crippen LogP contribution in [0.15, 0.2) is 18.2 Å². The Morgan fingerprint density at radius 3 is 2.58 bits per heavy atom. The fourth-order valence-corrected chi connectivity index (χ4v) is 2.02. The van der Waals surface area contributed by atoms with Crippen LogP contribution in [0.1, 0.15) is 18.5 Å². The molecule has 1 aromatic heterocycles. The third kappa shape index (κ3) is 3.36. The summed E-state index contributed by atoms with van der Waals surface area (Å²) < 4.78 is 42.9. The van der Waals surface area contributed by atoms with Crippen LogP contribution < -0.4 is 5.32 Å². The second-order valence-electron chi connectivity index (χ2n) is 4.58. The van der Waals surface area contributed by atoms with Crippen LogP contribution >= 0.6 is 0 Å². The van der Waals surface area contributed by atoms with Crippen LogP contribution in [0.5, 0.6) is 0 Å². The Morgan fingerprint density at radius 1 is 1.32 bits per heavy atom. The van der Waals surface area contributed by atoms with Crippen molar-refractivity contribution in [2.75, 3.05) is 25.1 Å². The van der Waals surface area contributed by atoms with Gasteiger partial charge in [-0.05, 0) is 25.0 Å². The van der Waals surface area contributed by atoms with Crippen molar-refractivity contribution in [2.45, 2.75) is 24.6 Å². The molecule has 2 heterocycles. The molecule has 1 fully saturated rings. The van der Waals surface area contributed by atoms with Crippen LogP contribution in [0, 0.1) is 0 Å². The molecule has 0 saturated carbocycles. The van der Waals surface area contributed by atoms with Gasteiger partial charge in [0.2, 0.25) is 0 Å². The van der Waals surface area contributed by atoms with Gasteiger partial charge < -0.3 is 15.2 Å². The highest BCUT2D eigenvalue weighted by Crippen LogP contribution is 2.30. The molecule has 4 nitrogen and oxygen atoms in total. The molecular weight excluding hydrogens is 261 g/mol. The van der Waals surface area contributed by atoms with Gasteiger partial charge in [-0.3, -0.25) is 0 Å². The van der Waals surface area contributed by atoms with Gasteiger partial charge in [0, 0.05) is 13.2 Å². The van der Waals surface area contributed by atoms with Crippen molar-refractivity contribution < 1.29 is 23.0 Å². The Hall–Kier alpha value is -1.34. The summed E-state index contributed by atoms with van der Waals surface area (Å²) in [5, 5.41) is 12.4. The molecule has 7 heteroatoms. The second kappa shape index (κ2) is 5.34. The molecule has 0 amide bonds. The van der Waals surface area contributed by atoms with Crippen LogP contribution in [0.4, 0.5) is 19.0 Å². The van der Waals surface area contributed by atoms with Crippen LogP contribution in [-0.2, 0) is 10.9 Å². The molecule has 0 aromatic carbocycles. The first kappa shape index (κ1) is 14.1. The van der Waals surface area contributed by atoms with Crippen LogP contribution in [0.2, 0.25) is 0 Å². The Morgan fingerprint density at radius 2 is 2.00 bits per heavy atom. The average Bonchev–Trinajstić information content (AvgIpc) is 2.39. The zero-order valence-electron chi connectivity index (χ0n) is 10.2. The summed E-state index contributed by atoms with van der Waals surface area (Å²) in [5.74, 6) is 0.116. The number of ether oxygens (including phenoxy) is 1. The summed E-state index contributed by atoms with van der Waals surface area (Å²) in [6.07, 6.45) is -3.41. The zero-order chi connectivity index (χ0) is 13.9. The highest BCUT2D eigenvalue weighted by molar-refractivity contribution is 5.39. The van der Waals surface area contributed by atoms with Crippen LogP contribution in [0.3, 0.4) is 0 Å². The molecule has 0 unspecified atom stereocenters. The molecular formula is C12H15F3N2O2. The van der Waals surface area contributed by atoms with E-state index >= 15 is 0 Å². The molecule has 2 N–H and O–H groups in total. The minimum absolute atomic E-state index is 0.116. The van der Waals surface area contributed by atoms with Gasteiger partial charge in [0.1, 0.15) is 11.5 Å². The van der Waals surface area contributed by atoms with Crippen molar-refractivity contribution in [3.8, 4) is 0 Å². The summed E-state index contributed by atoms with van der Waals surface area (Å²) in [6.45, 7) is 0.757. The number of anilines is 1. The van der Waals surface area contributed by atoms with Gasteiger partial charge in [-0.25, -0.2) is 4.98 Å². The third-order valence-electron chi connectivity index (χ3n) is 3.19. The van der Waals surface area contributed by atoms with Gasteiger partial charge in [0.15, 0.2) is 0 Å². The molecule has 106 valence electrons. The molecule has 1 aliphatic rings. The third-order valence-corrected chi connectivity index (χ3v) is 3.19. The highest BCUT2D eigenvalue weighted by Gasteiger charge is 2.35. The van der Waals surface area contributed by atoms with E-state index < -0.39 is 17.4 Å². The van der Waals surface area contributed by atoms with E-state index in [9.17, 15) is 18.3 Å². The van der Waals surface area contributed by atoms with Crippen molar-refractivity contribution in [3.63, 3.8) is 0 Å². The maximum absolute atomic E-state index is 12.6. The number of aliphatic hydroxyl groups is 1. The molecule has 1 aromatic rings.